The van der Waals surface area contributed by atoms with Gasteiger partial charge >= 0.3 is 0 Å². The maximum Gasteiger partial charge on any atom is 0.128 e. The lowest BCUT2D eigenvalue weighted by Crippen LogP contribution is -2.45. The van der Waals surface area contributed by atoms with Crippen molar-refractivity contribution < 1.29 is 9.13 Å². The van der Waals surface area contributed by atoms with E-state index in [1.54, 1.807) is 6.07 Å². The van der Waals surface area contributed by atoms with E-state index in [4.69, 9.17) is 4.74 Å². The van der Waals surface area contributed by atoms with Crippen molar-refractivity contribution in [2.24, 2.45) is 11.8 Å². The molecular formula is C18H28FNO. The molecule has 2 rings (SSSR count). The summed E-state index contributed by atoms with van der Waals surface area (Å²) in [6.07, 6.45) is 4.53. The second-order valence-corrected chi connectivity index (χ2v) is 6.67. The highest BCUT2D eigenvalue weighted by atomic mass is 19.1. The molecule has 1 fully saturated rings. The zero-order chi connectivity index (χ0) is 15.3. The van der Waals surface area contributed by atoms with Crippen LogP contribution in [0.15, 0.2) is 24.3 Å². The van der Waals surface area contributed by atoms with Crippen molar-refractivity contribution in [2.45, 2.75) is 51.7 Å². The summed E-state index contributed by atoms with van der Waals surface area (Å²) >= 11 is 0. The molecule has 3 heteroatoms. The second-order valence-electron chi connectivity index (χ2n) is 6.67. The molecule has 2 nitrogen and oxygen atoms in total. The summed E-state index contributed by atoms with van der Waals surface area (Å²) in [6.45, 7) is 5.80. The lowest BCUT2D eigenvalue weighted by molar-refractivity contribution is -0.0887. The summed E-state index contributed by atoms with van der Waals surface area (Å²) in [5.41, 5.74) is 0.515. The van der Waals surface area contributed by atoms with E-state index in [1.165, 1.54) is 18.9 Å². The van der Waals surface area contributed by atoms with Crippen LogP contribution in [-0.4, -0.2) is 19.2 Å². The van der Waals surface area contributed by atoms with E-state index in [-0.39, 0.29) is 11.4 Å². The molecule has 1 N–H and O–H groups in total. The van der Waals surface area contributed by atoms with Crippen molar-refractivity contribution in [1.29, 1.82) is 0 Å². The van der Waals surface area contributed by atoms with Gasteiger partial charge in [-0.05, 0) is 50.6 Å². The minimum atomic E-state index is -0.173. The number of nitrogens with one attached hydrogen (secondary N) is 1. The molecule has 0 heterocycles. The zero-order valence-electron chi connectivity index (χ0n) is 13.5. The molecule has 1 aromatic rings. The summed E-state index contributed by atoms with van der Waals surface area (Å²) in [4.78, 5) is 0. The van der Waals surface area contributed by atoms with Crippen LogP contribution in [0.25, 0.3) is 0 Å². The Morgan fingerprint density at radius 3 is 2.52 bits per heavy atom. The molecular weight excluding hydrogens is 265 g/mol. The van der Waals surface area contributed by atoms with Crippen LogP contribution in [0.1, 0.15) is 45.1 Å². The van der Waals surface area contributed by atoms with Crippen LogP contribution < -0.4 is 5.32 Å². The number of halogens is 1. The SMILES string of the molecule is CNCC1(OCc2ccccc2F)CCC(C(C)C)CC1. The van der Waals surface area contributed by atoms with Crippen molar-refractivity contribution in [3.05, 3.63) is 35.6 Å². The first-order valence-corrected chi connectivity index (χ1v) is 8.08. The third-order valence-corrected chi connectivity index (χ3v) is 4.87. The molecule has 118 valence electrons. The van der Waals surface area contributed by atoms with E-state index in [1.807, 2.05) is 19.2 Å². The molecule has 1 aromatic carbocycles. The summed E-state index contributed by atoms with van der Waals surface area (Å²) in [7, 11) is 1.96. The smallest absolute Gasteiger partial charge is 0.128 e. The van der Waals surface area contributed by atoms with Gasteiger partial charge in [-0.25, -0.2) is 4.39 Å². The van der Waals surface area contributed by atoms with Crippen LogP contribution in [-0.2, 0) is 11.3 Å². The summed E-state index contributed by atoms with van der Waals surface area (Å²) in [5, 5.41) is 3.25. The highest BCUT2D eigenvalue weighted by Gasteiger charge is 2.36. The van der Waals surface area contributed by atoms with Gasteiger partial charge < -0.3 is 10.1 Å². The third-order valence-electron chi connectivity index (χ3n) is 4.87. The number of hydrogen-bond donors (Lipinski definition) is 1. The minimum absolute atomic E-state index is 0.136. The van der Waals surface area contributed by atoms with E-state index in [0.717, 1.165) is 31.2 Å². The monoisotopic (exact) mass is 293 g/mol. The number of rotatable bonds is 6. The van der Waals surface area contributed by atoms with Gasteiger partial charge in [0.2, 0.25) is 0 Å². The fraction of sp³-hybridized carbons (Fsp3) is 0.667. The first-order chi connectivity index (χ1) is 10.1. The average molecular weight is 293 g/mol. The van der Waals surface area contributed by atoms with Crippen LogP contribution >= 0.6 is 0 Å². The minimum Gasteiger partial charge on any atom is -0.369 e. The summed E-state index contributed by atoms with van der Waals surface area (Å²) in [6, 6.07) is 6.89. The molecule has 1 saturated carbocycles. The van der Waals surface area contributed by atoms with Gasteiger partial charge in [-0.2, -0.15) is 0 Å². The molecule has 0 spiro atoms. The molecule has 1 aliphatic rings. The number of hydrogen-bond acceptors (Lipinski definition) is 2. The lowest BCUT2D eigenvalue weighted by Gasteiger charge is -2.41. The highest BCUT2D eigenvalue weighted by molar-refractivity contribution is 5.16. The van der Waals surface area contributed by atoms with E-state index in [9.17, 15) is 4.39 Å². The van der Waals surface area contributed by atoms with Crippen LogP contribution in [0.2, 0.25) is 0 Å². The lowest BCUT2D eigenvalue weighted by atomic mass is 9.74. The van der Waals surface area contributed by atoms with Crippen LogP contribution in [0.3, 0.4) is 0 Å². The van der Waals surface area contributed by atoms with E-state index < -0.39 is 0 Å². The van der Waals surface area contributed by atoms with Crippen molar-refractivity contribution in [3.63, 3.8) is 0 Å². The van der Waals surface area contributed by atoms with Gasteiger partial charge in [0.1, 0.15) is 5.82 Å². The van der Waals surface area contributed by atoms with Crippen LogP contribution in [0.4, 0.5) is 4.39 Å². The van der Waals surface area contributed by atoms with E-state index >= 15 is 0 Å². The second kappa shape index (κ2) is 7.37. The van der Waals surface area contributed by atoms with Gasteiger partial charge in [-0.1, -0.05) is 32.0 Å². The predicted octanol–water partition coefficient (Wildman–Crippen LogP) is 4.15. The Balaban J connectivity index is 1.98. The normalized spacial score (nSPS) is 26.2. The molecule has 0 aromatic heterocycles. The van der Waals surface area contributed by atoms with E-state index in [2.05, 4.69) is 19.2 Å². The number of ether oxygens (including phenoxy) is 1. The highest BCUT2D eigenvalue weighted by Crippen LogP contribution is 2.38. The molecule has 0 unspecified atom stereocenters. The summed E-state index contributed by atoms with van der Waals surface area (Å²) < 4.78 is 19.9. The Morgan fingerprint density at radius 2 is 1.95 bits per heavy atom. The number of likely N-dealkylation sites (N-methyl/N-ethyl adjacent to an activating group) is 1. The predicted molar refractivity (Wildman–Crippen MR) is 84.6 cm³/mol. The fourth-order valence-corrected chi connectivity index (χ4v) is 3.37. The van der Waals surface area contributed by atoms with Crippen molar-refractivity contribution in [3.8, 4) is 0 Å². The van der Waals surface area contributed by atoms with Crippen molar-refractivity contribution >= 4 is 0 Å². The maximum absolute atomic E-state index is 13.7. The quantitative estimate of drug-likeness (QED) is 0.851. The Labute approximate surface area is 128 Å². The average Bonchev–Trinajstić information content (AvgIpc) is 2.47. The molecule has 0 bridgehead atoms. The largest absolute Gasteiger partial charge is 0.369 e. The molecule has 0 atom stereocenters. The maximum atomic E-state index is 13.7. The number of benzene rings is 1. The first-order valence-electron chi connectivity index (χ1n) is 8.08. The summed E-state index contributed by atoms with van der Waals surface area (Å²) in [5.74, 6) is 1.36. The Hall–Kier alpha value is -0.930. The van der Waals surface area contributed by atoms with Gasteiger partial charge in [0.05, 0.1) is 12.2 Å². The van der Waals surface area contributed by atoms with Gasteiger partial charge in [-0.15, -0.1) is 0 Å². The Bertz CT molecular complexity index is 439. The van der Waals surface area contributed by atoms with Gasteiger partial charge in [0.15, 0.2) is 0 Å². The molecule has 21 heavy (non-hydrogen) atoms. The molecule has 0 radical (unpaired) electrons. The van der Waals surface area contributed by atoms with Crippen molar-refractivity contribution in [1.82, 2.24) is 5.32 Å². The topological polar surface area (TPSA) is 21.3 Å². The van der Waals surface area contributed by atoms with Crippen LogP contribution in [0.5, 0.6) is 0 Å². The Kier molecular flexibility index (Phi) is 5.77. The van der Waals surface area contributed by atoms with Gasteiger partial charge in [-0.3, -0.25) is 0 Å². The van der Waals surface area contributed by atoms with Gasteiger partial charge in [0.25, 0.3) is 0 Å². The fourth-order valence-electron chi connectivity index (χ4n) is 3.37. The van der Waals surface area contributed by atoms with E-state index in [0.29, 0.717) is 12.2 Å². The zero-order valence-corrected chi connectivity index (χ0v) is 13.5. The molecule has 1 aliphatic carbocycles. The molecule has 0 amide bonds. The van der Waals surface area contributed by atoms with Crippen LogP contribution in [0, 0.1) is 17.7 Å². The first kappa shape index (κ1) is 16.4. The third kappa shape index (κ3) is 4.27. The van der Waals surface area contributed by atoms with Crippen molar-refractivity contribution in [2.75, 3.05) is 13.6 Å². The Morgan fingerprint density at radius 1 is 1.29 bits per heavy atom. The molecule has 0 aliphatic heterocycles. The van der Waals surface area contributed by atoms with Gasteiger partial charge in [0, 0.05) is 12.1 Å². The standard InChI is InChI=1S/C18H28FNO/c1-14(2)15-8-10-18(11-9-15,13-20-3)21-12-16-6-4-5-7-17(16)19/h4-7,14-15,20H,8-13H2,1-3H3. The molecule has 0 saturated heterocycles.